The average Bonchev–Trinajstić information content (AvgIpc) is 2.81. The molecule has 0 spiro atoms. The second-order valence-corrected chi connectivity index (χ2v) is 4.62. The second-order valence-electron chi connectivity index (χ2n) is 3.53. The van der Waals surface area contributed by atoms with Crippen LogP contribution in [0.1, 0.15) is 13.3 Å². The van der Waals surface area contributed by atoms with E-state index in [2.05, 4.69) is 17.2 Å². The van der Waals surface area contributed by atoms with E-state index < -0.39 is 0 Å². The van der Waals surface area contributed by atoms with E-state index in [4.69, 9.17) is 4.74 Å². The Morgan fingerprint density at radius 2 is 2.12 bits per heavy atom. The molecule has 0 radical (unpaired) electrons. The minimum atomic E-state index is 0. The SMILES string of the molecule is CCCOc1ccc(NC2=NCCS2)cc1.Cl. The maximum absolute atomic E-state index is 5.52. The fourth-order valence-electron chi connectivity index (χ4n) is 1.39. The molecule has 0 atom stereocenters. The number of rotatable bonds is 4. The first-order chi connectivity index (χ1) is 7.88. The smallest absolute Gasteiger partial charge is 0.161 e. The van der Waals surface area contributed by atoms with Gasteiger partial charge in [0, 0.05) is 11.4 Å². The third kappa shape index (κ3) is 4.48. The third-order valence-electron chi connectivity index (χ3n) is 2.16. The van der Waals surface area contributed by atoms with Crippen LogP contribution < -0.4 is 10.1 Å². The monoisotopic (exact) mass is 272 g/mol. The van der Waals surface area contributed by atoms with Gasteiger partial charge < -0.3 is 10.1 Å². The highest BCUT2D eigenvalue weighted by atomic mass is 35.5. The van der Waals surface area contributed by atoms with Gasteiger partial charge in [-0.15, -0.1) is 12.4 Å². The Morgan fingerprint density at radius 3 is 2.71 bits per heavy atom. The molecule has 1 heterocycles. The first-order valence-corrected chi connectivity index (χ1v) is 6.54. The van der Waals surface area contributed by atoms with E-state index in [0.29, 0.717) is 0 Å². The van der Waals surface area contributed by atoms with Crippen molar-refractivity contribution < 1.29 is 4.74 Å². The standard InChI is InChI=1S/C12H16N2OS.ClH/c1-2-8-15-11-5-3-10(4-6-11)14-12-13-7-9-16-12;/h3-6H,2,7-9H2,1H3,(H,13,14);1H. The highest BCUT2D eigenvalue weighted by Gasteiger charge is 2.06. The maximum Gasteiger partial charge on any atom is 0.161 e. The summed E-state index contributed by atoms with van der Waals surface area (Å²) in [5, 5.41) is 4.30. The molecule has 0 saturated heterocycles. The van der Waals surface area contributed by atoms with Gasteiger partial charge in [-0.3, -0.25) is 4.99 Å². The van der Waals surface area contributed by atoms with E-state index >= 15 is 0 Å². The first kappa shape index (κ1) is 14.2. The fraction of sp³-hybridized carbons (Fsp3) is 0.417. The number of anilines is 1. The average molecular weight is 273 g/mol. The first-order valence-electron chi connectivity index (χ1n) is 5.55. The predicted octanol–water partition coefficient (Wildman–Crippen LogP) is 3.41. The van der Waals surface area contributed by atoms with Crippen molar-refractivity contribution in [2.24, 2.45) is 4.99 Å². The number of thioether (sulfide) groups is 1. The summed E-state index contributed by atoms with van der Waals surface area (Å²) in [6.07, 6.45) is 1.04. The molecule has 5 heteroatoms. The zero-order chi connectivity index (χ0) is 11.2. The summed E-state index contributed by atoms with van der Waals surface area (Å²) in [5.74, 6) is 2.01. The van der Waals surface area contributed by atoms with Crippen LogP contribution in [0.4, 0.5) is 5.69 Å². The summed E-state index contributed by atoms with van der Waals surface area (Å²) in [4.78, 5) is 4.34. The van der Waals surface area contributed by atoms with Crippen molar-refractivity contribution in [3.63, 3.8) is 0 Å². The molecule has 0 saturated carbocycles. The van der Waals surface area contributed by atoms with Crippen LogP contribution in [0.15, 0.2) is 29.3 Å². The molecule has 0 aromatic heterocycles. The van der Waals surface area contributed by atoms with Gasteiger partial charge >= 0.3 is 0 Å². The van der Waals surface area contributed by atoms with Crippen LogP contribution in [0.3, 0.4) is 0 Å². The van der Waals surface area contributed by atoms with Crippen LogP contribution in [0.2, 0.25) is 0 Å². The van der Waals surface area contributed by atoms with Gasteiger partial charge in [0.1, 0.15) is 5.75 Å². The molecule has 1 aromatic carbocycles. The molecule has 0 unspecified atom stereocenters. The summed E-state index contributed by atoms with van der Waals surface area (Å²) in [6, 6.07) is 8.01. The molecule has 3 nitrogen and oxygen atoms in total. The van der Waals surface area contributed by atoms with E-state index in [-0.39, 0.29) is 12.4 Å². The quantitative estimate of drug-likeness (QED) is 0.912. The van der Waals surface area contributed by atoms with Gasteiger partial charge in [0.25, 0.3) is 0 Å². The van der Waals surface area contributed by atoms with Crippen LogP contribution in [0.25, 0.3) is 0 Å². The molecular formula is C12H17ClN2OS. The molecule has 2 rings (SSSR count). The summed E-state index contributed by atoms with van der Waals surface area (Å²) in [5.41, 5.74) is 1.07. The molecule has 0 amide bonds. The Hall–Kier alpha value is -0.870. The van der Waals surface area contributed by atoms with Gasteiger partial charge in [-0.2, -0.15) is 0 Å². The fourth-order valence-corrected chi connectivity index (χ4v) is 2.14. The molecule has 0 fully saturated rings. The van der Waals surface area contributed by atoms with Crippen LogP contribution in [-0.4, -0.2) is 24.1 Å². The third-order valence-corrected chi connectivity index (χ3v) is 3.06. The molecule has 17 heavy (non-hydrogen) atoms. The van der Waals surface area contributed by atoms with Gasteiger partial charge in [0.2, 0.25) is 0 Å². The Kier molecular flexibility index (Phi) is 6.22. The number of amidine groups is 1. The summed E-state index contributed by atoms with van der Waals surface area (Å²) >= 11 is 1.76. The predicted molar refractivity (Wildman–Crippen MR) is 77.9 cm³/mol. The summed E-state index contributed by atoms with van der Waals surface area (Å²) in [6.45, 7) is 3.80. The van der Waals surface area contributed by atoms with Gasteiger partial charge in [0.05, 0.1) is 13.2 Å². The number of halogens is 1. The topological polar surface area (TPSA) is 33.6 Å². The minimum Gasteiger partial charge on any atom is -0.494 e. The van der Waals surface area contributed by atoms with Crippen molar-refractivity contribution in [1.82, 2.24) is 0 Å². The van der Waals surface area contributed by atoms with E-state index in [9.17, 15) is 0 Å². The summed E-state index contributed by atoms with van der Waals surface area (Å²) in [7, 11) is 0. The number of hydrogen-bond donors (Lipinski definition) is 1. The normalized spacial score (nSPS) is 13.8. The minimum absolute atomic E-state index is 0. The van der Waals surface area contributed by atoms with E-state index in [1.165, 1.54) is 0 Å². The number of hydrogen-bond acceptors (Lipinski definition) is 4. The highest BCUT2D eigenvalue weighted by molar-refractivity contribution is 8.14. The van der Waals surface area contributed by atoms with E-state index in [1.807, 2.05) is 24.3 Å². The van der Waals surface area contributed by atoms with Crippen molar-refractivity contribution in [3.05, 3.63) is 24.3 Å². The Labute approximate surface area is 112 Å². The molecule has 94 valence electrons. The van der Waals surface area contributed by atoms with Crippen LogP contribution in [0, 0.1) is 0 Å². The van der Waals surface area contributed by atoms with Gasteiger partial charge in [-0.1, -0.05) is 18.7 Å². The van der Waals surface area contributed by atoms with Crippen molar-refractivity contribution in [2.45, 2.75) is 13.3 Å². The van der Waals surface area contributed by atoms with Crippen LogP contribution in [-0.2, 0) is 0 Å². The zero-order valence-electron chi connectivity index (χ0n) is 9.81. The lowest BCUT2D eigenvalue weighted by molar-refractivity contribution is 0.317. The molecular weight excluding hydrogens is 256 g/mol. The lowest BCUT2D eigenvalue weighted by atomic mass is 10.3. The van der Waals surface area contributed by atoms with Gasteiger partial charge in [-0.05, 0) is 30.7 Å². The summed E-state index contributed by atoms with van der Waals surface area (Å²) < 4.78 is 5.52. The molecule has 1 aromatic rings. The second kappa shape index (κ2) is 7.45. The molecule has 1 aliphatic rings. The number of benzene rings is 1. The number of nitrogens with one attached hydrogen (secondary N) is 1. The number of ether oxygens (including phenoxy) is 1. The maximum atomic E-state index is 5.52. The van der Waals surface area contributed by atoms with E-state index in [1.54, 1.807) is 11.8 Å². The molecule has 1 N–H and O–H groups in total. The van der Waals surface area contributed by atoms with Crippen molar-refractivity contribution in [1.29, 1.82) is 0 Å². The van der Waals surface area contributed by atoms with E-state index in [0.717, 1.165) is 41.9 Å². The zero-order valence-corrected chi connectivity index (χ0v) is 11.4. The van der Waals surface area contributed by atoms with Crippen molar-refractivity contribution in [3.8, 4) is 5.75 Å². The van der Waals surface area contributed by atoms with Gasteiger partial charge in [0.15, 0.2) is 5.17 Å². The molecule has 1 aliphatic heterocycles. The highest BCUT2D eigenvalue weighted by Crippen LogP contribution is 2.19. The Morgan fingerprint density at radius 1 is 1.35 bits per heavy atom. The largest absolute Gasteiger partial charge is 0.494 e. The van der Waals surface area contributed by atoms with Crippen molar-refractivity contribution in [2.75, 3.05) is 24.2 Å². The number of aliphatic imine (C=N–C) groups is 1. The lowest BCUT2D eigenvalue weighted by Gasteiger charge is -2.07. The van der Waals surface area contributed by atoms with Crippen LogP contribution >= 0.6 is 24.2 Å². The number of nitrogens with zero attached hydrogens (tertiary/aromatic N) is 1. The molecule has 0 bridgehead atoms. The van der Waals surface area contributed by atoms with Crippen molar-refractivity contribution >= 4 is 35.0 Å². The van der Waals surface area contributed by atoms with Crippen LogP contribution in [0.5, 0.6) is 5.75 Å². The Bertz CT molecular complexity index is 367. The van der Waals surface area contributed by atoms with Gasteiger partial charge in [-0.25, -0.2) is 0 Å². The molecule has 0 aliphatic carbocycles. The Balaban J connectivity index is 0.00000144. The lowest BCUT2D eigenvalue weighted by Crippen LogP contribution is -2.04.